The van der Waals surface area contributed by atoms with E-state index in [2.05, 4.69) is 26.8 Å². The van der Waals surface area contributed by atoms with E-state index in [1.54, 1.807) is 23.1 Å². The largest absolute Gasteiger partial charge is 0.508 e. The van der Waals surface area contributed by atoms with Gasteiger partial charge in [-0.25, -0.2) is 0 Å². The molecule has 7 aliphatic carbocycles. The average Bonchev–Trinajstić information content (AvgIpc) is 3.89. The van der Waals surface area contributed by atoms with Crippen molar-refractivity contribution in [3.63, 3.8) is 0 Å². The Labute approximate surface area is 407 Å². The summed E-state index contributed by atoms with van der Waals surface area (Å²) in [5.74, 6) is -2.79. The molecule has 0 aromatic heterocycles. The van der Waals surface area contributed by atoms with Crippen molar-refractivity contribution >= 4 is 39.0 Å². The van der Waals surface area contributed by atoms with Gasteiger partial charge >= 0.3 is 0 Å². The van der Waals surface area contributed by atoms with E-state index in [0.29, 0.717) is 87.9 Å². The number of anilines is 1. The number of amides is 1. The van der Waals surface area contributed by atoms with E-state index in [9.17, 15) is 46.0 Å². The highest BCUT2D eigenvalue weighted by atomic mass is 33.1. The van der Waals surface area contributed by atoms with Gasteiger partial charge in [0.2, 0.25) is 5.91 Å². The van der Waals surface area contributed by atoms with Crippen LogP contribution in [0.15, 0.2) is 42.0 Å². The highest BCUT2D eigenvalue weighted by Crippen LogP contribution is 2.84. The van der Waals surface area contributed by atoms with Gasteiger partial charge < -0.3 is 55.6 Å². The van der Waals surface area contributed by atoms with Crippen molar-refractivity contribution in [3.05, 3.63) is 47.6 Å². The number of aryl methyl sites for hydroxylation is 1. The van der Waals surface area contributed by atoms with E-state index < -0.39 is 109 Å². The summed E-state index contributed by atoms with van der Waals surface area (Å²) in [6, 6.07) is 5.24. The lowest BCUT2D eigenvalue weighted by molar-refractivity contribution is -0.269. The molecule has 9 N–H and O–H groups in total. The minimum Gasteiger partial charge on any atom is -0.508 e. The fraction of sp³-hybridized carbons (Fsp3) is 0.774. The van der Waals surface area contributed by atoms with Crippen LogP contribution in [0.5, 0.6) is 5.75 Å². The van der Waals surface area contributed by atoms with Gasteiger partial charge in [-0.3, -0.25) is 9.59 Å². The number of nitrogens with zero attached hydrogens (tertiary/aromatic N) is 1. The number of aliphatic hydroxyl groups is 8. The summed E-state index contributed by atoms with van der Waals surface area (Å²) in [5, 5.41) is 110. The number of allylic oxidation sites excluding steroid dienone is 2. The van der Waals surface area contributed by atoms with Crippen LogP contribution in [-0.4, -0.2) is 130 Å². The summed E-state index contributed by atoms with van der Waals surface area (Å²) in [7, 11) is 2.27. The minimum absolute atomic E-state index is 0.0181. The van der Waals surface area contributed by atoms with E-state index in [4.69, 9.17) is 4.74 Å². The third-order valence-electron chi connectivity index (χ3n) is 22.0. The summed E-state index contributed by atoms with van der Waals surface area (Å²) in [4.78, 5) is 32.9. The lowest BCUT2D eigenvalue weighted by atomic mass is 9.33. The number of aliphatic hydroxyl groups excluding tert-OH is 5. The predicted octanol–water partition coefficient (Wildman–Crippen LogP) is 4.81. The van der Waals surface area contributed by atoms with Gasteiger partial charge in [0.25, 0.3) is 0 Å². The zero-order chi connectivity index (χ0) is 48.4. The molecule has 0 radical (unpaired) electrons. The second-order valence-corrected chi connectivity index (χ2v) is 26.6. The fourth-order valence-corrected chi connectivity index (χ4v) is 21.7. The summed E-state index contributed by atoms with van der Waals surface area (Å²) >= 11 is 0. The second-order valence-electron chi connectivity index (χ2n) is 24.0. The van der Waals surface area contributed by atoms with Crippen LogP contribution in [0, 0.1) is 68.5 Å². The number of fused-ring (bicyclic) bond motifs is 1. The van der Waals surface area contributed by atoms with Crippen LogP contribution in [0.3, 0.4) is 0 Å². The third kappa shape index (κ3) is 5.76. The number of hydrogen-bond acceptors (Lipinski definition) is 14. The van der Waals surface area contributed by atoms with Crippen LogP contribution in [0.1, 0.15) is 110 Å². The molecule has 5 saturated carbocycles. The molecule has 5 aliphatic heterocycles. The number of carbonyl (C=O) groups excluding carboxylic acids is 2. The first kappa shape index (κ1) is 48.3. The molecule has 19 unspecified atom stereocenters. The normalized spacial score (nSPS) is 50.8. The number of rotatable bonds is 6. The number of ether oxygens (including phenoxy) is 1. The molecule has 12 aliphatic rings. The number of carbonyl (C=O) groups is 2. The van der Waals surface area contributed by atoms with Gasteiger partial charge in [0.1, 0.15) is 28.5 Å². The average molecular weight is 980 g/mol. The molecule has 374 valence electrons. The molecule has 1 amide bonds. The first-order valence-electron chi connectivity index (χ1n) is 25.7. The van der Waals surface area contributed by atoms with Crippen molar-refractivity contribution in [2.45, 2.75) is 157 Å². The molecule has 15 heteroatoms. The Morgan fingerprint density at radius 1 is 0.897 bits per heavy atom. The quantitative estimate of drug-likeness (QED) is 0.106. The van der Waals surface area contributed by atoms with Crippen molar-refractivity contribution in [2.24, 2.45) is 68.5 Å². The Bertz CT molecular complexity index is 2310. The Hall–Kier alpha value is -2.02. The van der Waals surface area contributed by atoms with Crippen LogP contribution in [-0.2, 0) is 20.7 Å². The molecule has 7 fully saturated rings. The highest BCUT2D eigenvalue weighted by molar-refractivity contribution is 8.77. The minimum atomic E-state index is -2.03. The van der Waals surface area contributed by atoms with Crippen molar-refractivity contribution < 1.29 is 60.3 Å². The maximum absolute atomic E-state index is 15.9. The molecular formula is C53H73NO12S2. The Morgan fingerprint density at radius 3 is 2.38 bits per heavy atom. The summed E-state index contributed by atoms with van der Waals surface area (Å²) in [6.07, 6.45) is 8.29. The Kier molecular flexibility index (Phi) is 11.3. The second kappa shape index (κ2) is 16.0. The fourth-order valence-electron chi connectivity index (χ4n) is 18.5. The van der Waals surface area contributed by atoms with Gasteiger partial charge in [-0.15, -0.1) is 0 Å². The molecule has 13 rings (SSSR count). The van der Waals surface area contributed by atoms with Gasteiger partial charge in [-0.05, 0) is 147 Å². The molecule has 13 nitrogen and oxygen atoms in total. The lowest BCUT2D eigenvalue weighted by Gasteiger charge is -2.72. The number of epoxide rings is 1. The van der Waals surface area contributed by atoms with Gasteiger partial charge in [-0.2, -0.15) is 0 Å². The van der Waals surface area contributed by atoms with Gasteiger partial charge in [0.15, 0.2) is 5.78 Å². The first-order valence-corrected chi connectivity index (χ1v) is 28.0. The Balaban J connectivity index is 1.14. The van der Waals surface area contributed by atoms with Crippen molar-refractivity contribution in [1.29, 1.82) is 0 Å². The number of hydrogen-bond donors (Lipinski definition) is 9. The van der Waals surface area contributed by atoms with Crippen LogP contribution in [0.25, 0.3) is 0 Å². The molecule has 68 heavy (non-hydrogen) atoms. The van der Waals surface area contributed by atoms with E-state index in [-0.39, 0.29) is 49.7 Å². The van der Waals surface area contributed by atoms with E-state index in [1.807, 2.05) is 19.1 Å². The number of phenolic OH excluding ortho intramolecular Hbond substituents is 1. The molecule has 4 spiro atoms. The smallest absolute Gasteiger partial charge is 0.233 e. The third-order valence-corrected chi connectivity index (χ3v) is 25.1. The summed E-state index contributed by atoms with van der Waals surface area (Å²) in [5.41, 5.74) is -11.0. The van der Waals surface area contributed by atoms with E-state index in [0.717, 1.165) is 22.8 Å². The SMILES string of the molecule is CC(C)C(C)C1OC1C1(O)CC=CC2CC34CCC5C(O)(CO)C(O)CC6(C(=O)C=C3C3(O)CCC1C23CCc1cc(O)cc(c1)N1CCC2(C1=O)C(CO)CCCC2C(CO)SSC6O)C54C. The predicted molar refractivity (Wildman–Crippen MR) is 257 cm³/mol. The highest BCUT2D eigenvalue weighted by Gasteiger charge is 2.85. The molecule has 8 bridgehead atoms. The molecule has 1 aromatic carbocycles. The maximum Gasteiger partial charge on any atom is 0.233 e. The number of aromatic hydroxyl groups is 1. The van der Waals surface area contributed by atoms with Gasteiger partial charge in [0.05, 0.1) is 41.9 Å². The molecule has 5 heterocycles. The van der Waals surface area contributed by atoms with E-state index in [1.165, 1.54) is 10.8 Å². The Morgan fingerprint density at radius 2 is 1.66 bits per heavy atom. The zero-order valence-electron chi connectivity index (χ0n) is 39.9. The topological polar surface area (TPSA) is 232 Å². The molecule has 19 atom stereocenters. The van der Waals surface area contributed by atoms with Crippen LogP contribution in [0.4, 0.5) is 5.69 Å². The molecule has 1 aromatic rings. The lowest BCUT2D eigenvalue weighted by Crippen LogP contribution is -2.76. The number of phenols is 1. The van der Waals surface area contributed by atoms with Crippen LogP contribution >= 0.6 is 21.6 Å². The van der Waals surface area contributed by atoms with Crippen LogP contribution in [0.2, 0.25) is 0 Å². The zero-order valence-corrected chi connectivity index (χ0v) is 41.6. The summed E-state index contributed by atoms with van der Waals surface area (Å²) < 4.78 is 6.51. The van der Waals surface area contributed by atoms with Gasteiger partial charge in [-0.1, -0.05) is 67.9 Å². The van der Waals surface area contributed by atoms with Crippen molar-refractivity contribution in [3.8, 4) is 5.75 Å². The first-order chi connectivity index (χ1) is 32.2. The molecule has 2 saturated heterocycles. The van der Waals surface area contributed by atoms with Crippen LogP contribution < -0.4 is 4.90 Å². The van der Waals surface area contributed by atoms with Crippen molar-refractivity contribution in [2.75, 3.05) is 31.3 Å². The number of benzene rings is 1. The van der Waals surface area contributed by atoms with Gasteiger partial charge in [0, 0.05) is 46.9 Å². The maximum atomic E-state index is 15.9. The number of ketones is 1. The standard InChI is InChI=1S/C53H73NO12S2/c1-28(2)29(3)42-43(66-42)51(63)13-6-8-31-23-47-14-11-37-46(47,4)50(24-41(60)52(37,64)27-57)40(59)22-39(47)53(65)16-12-38(51)49(31,53)15-10-30-19-33(21-34(58)20-30)54-18-17-48(44(54)61)32(25-55)7-5-9-35(48)36(26-56)67-68-45(50)62/h6,8,19-22,28-29,31-32,35-38,41-43,45,55-58,60,62-65H,5,7,9-18,23-27H2,1-4H3. The monoisotopic (exact) mass is 979 g/mol. The van der Waals surface area contributed by atoms with Crippen molar-refractivity contribution in [1.82, 2.24) is 0 Å². The molecular weight excluding hydrogens is 907 g/mol. The summed E-state index contributed by atoms with van der Waals surface area (Å²) in [6.45, 7) is 7.38. The van der Waals surface area contributed by atoms with E-state index >= 15 is 9.59 Å².